The number of halogens is 1. The van der Waals surface area contributed by atoms with E-state index in [-0.39, 0.29) is 11.1 Å². The summed E-state index contributed by atoms with van der Waals surface area (Å²) < 4.78 is 9.52. The van der Waals surface area contributed by atoms with Gasteiger partial charge in [-0.25, -0.2) is 9.59 Å². The van der Waals surface area contributed by atoms with Gasteiger partial charge in [-0.05, 0) is 31.1 Å². The van der Waals surface area contributed by atoms with Crippen LogP contribution in [0.2, 0.25) is 5.02 Å². The number of esters is 2. The number of amides is 1. The Kier molecular flexibility index (Phi) is 5.84. The van der Waals surface area contributed by atoms with Crippen molar-refractivity contribution in [2.45, 2.75) is 12.8 Å². The minimum atomic E-state index is -0.621. The number of nitrogens with one attached hydrogen (secondary N) is 1. The highest BCUT2D eigenvalue weighted by molar-refractivity contribution is 6.37. The van der Waals surface area contributed by atoms with E-state index in [9.17, 15) is 14.4 Å². The zero-order valence-corrected chi connectivity index (χ0v) is 16.2. The van der Waals surface area contributed by atoms with Crippen molar-refractivity contribution in [2.75, 3.05) is 26.1 Å². The van der Waals surface area contributed by atoms with Gasteiger partial charge in [-0.3, -0.25) is 4.79 Å². The lowest BCUT2D eigenvalue weighted by Crippen LogP contribution is -2.15. The van der Waals surface area contributed by atoms with Crippen LogP contribution in [0, 0.1) is 0 Å². The van der Waals surface area contributed by atoms with E-state index in [0.717, 1.165) is 12.1 Å². The van der Waals surface area contributed by atoms with Gasteiger partial charge in [0, 0.05) is 35.1 Å². The molecule has 0 atom stereocenters. The molecule has 0 aliphatic carbocycles. The first-order valence-electron chi connectivity index (χ1n) is 8.62. The molecular formula is C20H19ClN2O5. The van der Waals surface area contributed by atoms with E-state index in [1.165, 1.54) is 20.3 Å². The van der Waals surface area contributed by atoms with E-state index in [0.29, 0.717) is 29.2 Å². The first-order chi connectivity index (χ1) is 13.4. The molecule has 2 heterocycles. The van der Waals surface area contributed by atoms with Crippen molar-refractivity contribution in [1.82, 2.24) is 4.90 Å². The second-order valence-electron chi connectivity index (χ2n) is 6.20. The largest absolute Gasteiger partial charge is 0.466 e. The molecular weight excluding hydrogens is 384 g/mol. The SMILES string of the molecule is COC(=O)/C=C/N1CCC/C1=C\C(C(=O)OC)=C1/C(=O)Nc2cc(Cl)ccc21. The first-order valence-corrected chi connectivity index (χ1v) is 8.99. The van der Waals surface area contributed by atoms with Gasteiger partial charge in [-0.15, -0.1) is 0 Å². The number of anilines is 1. The van der Waals surface area contributed by atoms with Crippen LogP contribution in [-0.4, -0.2) is 43.5 Å². The molecule has 0 radical (unpaired) electrons. The van der Waals surface area contributed by atoms with Gasteiger partial charge in [0.25, 0.3) is 5.91 Å². The van der Waals surface area contributed by atoms with Crippen molar-refractivity contribution in [1.29, 1.82) is 0 Å². The fraction of sp³-hybridized carbons (Fsp3) is 0.250. The molecule has 1 aromatic rings. The Morgan fingerprint density at radius 2 is 2.04 bits per heavy atom. The second kappa shape index (κ2) is 8.31. The lowest BCUT2D eigenvalue weighted by Gasteiger charge is -2.15. The lowest BCUT2D eigenvalue weighted by atomic mass is 9.99. The molecule has 1 amide bonds. The average molecular weight is 403 g/mol. The Labute approximate surface area is 167 Å². The van der Waals surface area contributed by atoms with Crippen LogP contribution >= 0.6 is 11.6 Å². The van der Waals surface area contributed by atoms with Crippen LogP contribution in [-0.2, 0) is 23.9 Å². The van der Waals surface area contributed by atoms with E-state index >= 15 is 0 Å². The van der Waals surface area contributed by atoms with Crippen LogP contribution in [0.1, 0.15) is 18.4 Å². The maximum absolute atomic E-state index is 12.6. The highest BCUT2D eigenvalue weighted by atomic mass is 35.5. The molecule has 1 N–H and O–H groups in total. The molecule has 0 aromatic heterocycles. The molecule has 0 bridgehead atoms. The van der Waals surface area contributed by atoms with E-state index in [1.807, 2.05) is 4.90 Å². The summed E-state index contributed by atoms with van der Waals surface area (Å²) >= 11 is 5.99. The minimum Gasteiger partial charge on any atom is -0.466 e. The molecule has 7 nitrogen and oxygen atoms in total. The highest BCUT2D eigenvalue weighted by Crippen LogP contribution is 2.37. The number of allylic oxidation sites excluding steroid dienone is 1. The summed E-state index contributed by atoms with van der Waals surface area (Å²) in [6, 6.07) is 4.98. The summed E-state index contributed by atoms with van der Waals surface area (Å²) in [5.74, 6) is -1.49. The van der Waals surface area contributed by atoms with Crippen molar-refractivity contribution >= 4 is 40.7 Å². The predicted molar refractivity (Wildman–Crippen MR) is 104 cm³/mol. The molecule has 1 fully saturated rings. The number of likely N-dealkylation sites (tertiary alicyclic amines) is 1. The number of hydrogen-bond acceptors (Lipinski definition) is 6. The van der Waals surface area contributed by atoms with Gasteiger partial charge in [0.2, 0.25) is 0 Å². The van der Waals surface area contributed by atoms with Crippen LogP contribution in [0.25, 0.3) is 5.57 Å². The molecule has 2 aliphatic heterocycles. The van der Waals surface area contributed by atoms with Crippen LogP contribution in [0.5, 0.6) is 0 Å². The normalized spacial score (nSPS) is 19.0. The molecule has 8 heteroatoms. The van der Waals surface area contributed by atoms with E-state index in [4.69, 9.17) is 16.3 Å². The van der Waals surface area contributed by atoms with Crippen molar-refractivity contribution in [3.8, 4) is 0 Å². The average Bonchev–Trinajstić information content (AvgIpc) is 3.26. The number of methoxy groups -OCH3 is 2. The van der Waals surface area contributed by atoms with Gasteiger partial charge in [-0.1, -0.05) is 17.7 Å². The van der Waals surface area contributed by atoms with E-state index in [1.54, 1.807) is 30.5 Å². The number of carbonyl (C=O) groups is 3. The van der Waals surface area contributed by atoms with Crippen molar-refractivity contribution in [2.24, 2.45) is 0 Å². The van der Waals surface area contributed by atoms with Gasteiger partial charge in [0.15, 0.2) is 0 Å². The number of carbonyl (C=O) groups excluding carboxylic acids is 3. The van der Waals surface area contributed by atoms with E-state index < -0.39 is 17.8 Å². The number of benzene rings is 1. The number of nitrogens with zero attached hydrogens (tertiary/aromatic N) is 1. The number of rotatable bonds is 4. The molecule has 0 spiro atoms. The number of fused-ring (bicyclic) bond motifs is 1. The van der Waals surface area contributed by atoms with Gasteiger partial charge in [0.05, 0.1) is 31.1 Å². The quantitative estimate of drug-likeness (QED) is 0.615. The molecule has 0 unspecified atom stereocenters. The summed E-state index contributed by atoms with van der Waals surface area (Å²) in [5.41, 5.74) is 2.30. The molecule has 1 saturated heterocycles. The zero-order chi connectivity index (χ0) is 20.3. The van der Waals surface area contributed by atoms with Crippen molar-refractivity contribution in [3.63, 3.8) is 0 Å². The predicted octanol–water partition coefficient (Wildman–Crippen LogP) is 2.89. The minimum absolute atomic E-state index is 0.148. The van der Waals surface area contributed by atoms with Crippen LogP contribution in [0.15, 0.2) is 47.8 Å². The van der Waals surface area contributed by atoms with Gasteiger partial charge >= 0.3 is 11.9 Å². The van der Waals surface area contributed by atoms with Crippen LogP contribution in [0.3, 0.4) is 0 Å². The monoisotopic (exact) mass is 402 g/mol. The lowest BCUT2D eigenvalue weighted by molar-refractivity contribution is -0.136. The maximum atomic E-state index is 12.6. The highest BCUT2D eigenvalue weighted by Gasteiger charge is 2.31. The third kappa shape index (κ3) is 3.94. The van der Waals surface area contributed by atoms with Gasteiger partial charge in [0.1, 0.15) is 0 Å². The van der Waals surface area contributed by atoms with Crippen LogP contribution < -0.4 is 5.32 Å². The molecule has 146 valence electrons. The molecule has 0 saturated carbocycles. The van der Waals surface area contributed by atoms with Crippen LogP contribution in [0.4, 0.5) is 5.69 Å². The topological polar surface area (TPSA) is 84.9 Å². The Hall–Kier alpha value is -3.06. The summed E-state index contributed by atoms with van der Waals surface area (Å²) in [5, 5.41) is 3.20. The smallest absolute Gasteiger partial charge is 0.338 e. The fourth-order valence-electron chi connectivity index (χ4n) is 3.18. The third-order valence-electron chi connectivity index (χ3n) is 4.50. The standard InChI is InChI=1S/C20H19ClN2O5/c1-27-17(24)7-9-23-8-3-4-13(23)11-15(20(26)28-2)18-14-6-5-12(21)10-16(14)22-19(18)25/h5-7,9-11H,3-4,8H2,1-2H3,(H,22,25)/b9-7+,13-11+,18-15+. The summed E-state index contributed by atoms with van der Waals surface area (Å²) in [6.45, 7) is 0.682. The molecule has 1 aromatic carbocycles. The Balaban J connectivity index is 2.07. The molecule has 3 rings (SSSR count). The Morgan fingerprint density at radius 3 is 2.75 bits per heavy atom. The maximum Gasteiger partial charge on any atom is 0.338 e. The number of ether oxygens (including phenoxy) is 2. The van der Waals surface area contributed by atoms with Crippen molar-refractivity contribution < 1.29 is 23.9 Å². The second-order valence-corrected chi connectivity index (χ2v) is 6.63. The number of hydrogen-bond donors (Lipinski definition) is 1. The Bertz CT molecular complexity index is 933. The summed E-state index contributed by atoms with van der Waals surface area (Å²) in [4.78, 5) is 38.3. The zero-order valence-electron chi connectivity index (χ0n) is 15.5. The first kappa shape index (κ1) is 19.7. The van der Waals surface area contributed by atoms with E-state index in [2.05, 4.69) is 10.1 Å². The van der Waals surface area contributed by atoms with Crippen molar-refractivity contribution in [3.05, 3.63) is 58.4 Å². The summed E-state index contributed by atoms with van der Waals surface area (Å²) in [7, 11) is 2.57. The molecule has 2 aliphatic rings. The van der Waals surface area contributed by atoms with Gasteiger partial charge in [-0.2, -0.15) is 0 Å². The molecule has 28 heavy (non-hydrogen) atoms. The third-order valence-corrected chi connectivity index (χ3v) is 4.74. The Morgan fingerprint density at radius 1 is 1.25 bits per heavy atom. The van der Waals surface area contributed by atoms with Gasteiger partial charge < -0.3 is 19.7 Å². The fourth-order valence-corrected chi connectivity index (χ4v) is 3.36. The summed E-state index contributed by atoms with van der Waals surface area (Å²) in [6.07, 6.45) is 6.09.